The molecule has 0 saturated carbocycles. The van der Waals surface area contributed by atoms with Crippen molar-refractivity contribution in [3.8, 4) is 0 Å². The predicted molar refractivity (Wildman–Crippen MR) is 86.1 cm³/mol. The molecule has 0 aromatic heterocycles. The molecular weight excluding hydrogens is 325 g/mol. The Kier molecular flexibility index (Phi) is 7.13. The molecule has 0 aliphatic rings. The number of carboxylic acid groups (broad SMARTS) is 1. The zero-order valence-corrected chi connectivity index (χ0v) is 11.4. The van der Waals surface area contributed by atoms with E-state index in [9.17, 15) is 4.79 Å². The first-order valence-electron chi connectivity index (χ1n) is 5.58. The predicted octanol–water partition coefficient (Wildman–Crippen LogP) is 3.45. The molecule has 6 heteroatoms. The number of benzene rings is 2. The number of hydrogen-bond donors (Lipinski definition) is 2. The number of nitrogens with one attached hydrogen (secondary N) is 1. The van der Waals surface area contributed by atoms with Crippen molar-refractivity contribution in [1.82, 2.24) is 0 Å². The van der Waals surface area contributed by atoms with E-state index in [2.05, 4.69) is 5.32 Å². The molecule has 0 saturated heterocycles. The van der Waals surface area contributed by atoms with Crippen LogP contribution in [-0.2, 0) is 11.2 Å². The van der Waals surface area contributed by atoms with Crippen LogP contribution in [0.3, 0.4) is 0 Å². The summed E-state index contributed by atoms with van der Waals surface area (Å²) in [5, 5.41) is 12.9. The summed E-state index contributed by atoms with van der Waals surface area (Å²) in [7, 11) is 0. The van der Waals surface area contributed by atoms with Crippen LogP contribution in [0, 0.1) is 0 Å². The van der Waals surface area contributed by atoms with Gasteiger partial charge in [-0.2, -0.15) is 0 Å². The third-order valence-electron chi connectivity index (χ3n) is 2.58. The first-order chi connectivity index (χ1) is 9.08. The summed E-state index contributed by atoms with van der Waals surface area (Å²) in [5.41, 5.74) is 1.93. The summed E-state index contributed by atoms with van der Waals surface area (Å²) in [6.45, 7) is 0. The molecule has 0 radical (unpaired) electrons. The van der Waals surface area contributed by atoms with Crippen LogP contribution < -0.4 is 5.32 Å². The molecule has 0 aliphatic heterocycles. The molecule has 0 heterocycles. The van der Waals surface area contributed by atoms with Crippen LogP contribution >= 0.6 is 23.2 Å². The molecule has 2 aromatic carbocycles. The fraction of sp³-hybridized carbons (Fsp3) is 0.0714. The van der Waals surface area contributed by atoms with Crippen molar-refractivity contribution in [3.63, 3.8) is 0 Å². The summed E-state index contributed by atoms with van der Waals surface area (Å²) in [5.74, 6) is -0.889. The first kappa shape index (κ1) is 17.6. The monoisotopic (exact) mass is 337 g/mol. The Labute approximate surface area is 156 Å². The maximum atomic E-state index is 10.8. The van der Waals surface area contributed by atoms with E-state index in [1.54, 1.807) is 36.4 Å². The summed E-state index contributed by atoms with van der Waals surface area (Å²) in [6.07, 6.45) is -0.0642. The van der Waals surface area contributed by atoms with E-state index in [0.717, 1.165) is 0 Å². The van der Waals surface area contributed by atoms with Crippen molar-refractivity contribution >= 4 is 78.3 Å². The second-order valence-corrected chi connectivity index (χ2v) is 4.76. The van der Waals surface area contributed by atoms with E-state index in [1.807, 2.05) is 6.07 Å². The van der Waals surface area contributed by atoms with Gasteiger partial charge in [0.05, 0.1) is 22.2 Å². The Hall–Kier alpha value is -0.450. The molecule has 2 rings (SSSR count). The SMILES string of the molecule is O=C(O)Cc1ccccc1Nc1c(Cl)cccc1Cl.[CaH2]. The molecule has 0 fully saturated rings. The summed E-state index contributed by atoms with van der Waals surface area (Å²) in [4.78, 5) is 10.8. The van der Waals surface area contributed by atoms with Gasteiger partial charge >= 0.3 is 43.7 Å². The summed E-state index contributed by atoms with van der Waals surface area (Å²) < 4.78 is 0. The number of carbonyl (C=O) groups is 1. The van der Waals surface area contributed by atoms with Gasteiger partial charge in [-0.1, -0.05) is 47.5 Å². The minimum atomic E-state index is -0.889. The molecule has 2 aromatic rings. The van der Waals surface area contributed by atoms with Gasteiger partial charge in [0.25, 0.3) is 0 Å². The van der Waals surface area contributed by atoms with Gasteiger partial charge in [-0.25, -0.2) is 0 Å². The van der Waals surface area contributed by atoms with Crippen molar-refractivity contribution < 1.29 is 9.90 Å². The molecule has 0 spiro atoms. The number of aliphatic carboxylic acids is 1. The van der Waals surface area contributed by atoms with Gasteiger partial charge in [0.15, 0.2) is 0 Å². The number of anilines is 2. The van der Waals surface area contributed by atoms with E-state index >= 15 is 0 Å². The van der Waals surface area contributed by atoms with Gasteiger partial charge in [-0.3, -0.25) is 4.79 Å². The summed E-state index contributed by atoms with van der Waals surface area (Å²) in [6, 6.07) is 12.3. The first-order valence-corrected chi connectivity index (χ1v) is 6.34. The van der Waals surface area contributed by atoms with Gasteiger partial charge in [0, 0.05) is 5.69 Å². The van der Waals surface area contributed by atoms with Crippen molar-refractivity contribution in [2.24, 2.45) is 0 Å². The molecule has 0 atom stereocenters. The van der Waals surface area contributed by atoms with Crippen LogP contribution in [-0.4, -0.2) is 48.8 Å². The third kappa shape index (κ3) is 4.54. The molecule has 20 heavy (non-hydrogen) atoms. The Balaban J connectivity index is 0.00000200. The number of rotatable bonds is 4. The molecular formula is C14H13CaCl2NO2. The third-order valence-corrected chi connectivity index (χ3v) is 3.21. The average Bonchev–Trinajstić information content (AvgIpc) is 2.35. The van der Waals surface area contributed by atoms with Crippen molar-refractivity contribution in [1.29, 1.82) is 0 Å². The van der Waals surface area contributed by atoms with E-state index in [1.165, 1.54) is 0 Å². The van der Waals surface area contributed by atoms with E-state index < -0.39 is 5.97 Å². The van der Waals surface area contributed by atoms with Crippen LogP contribution in [0.4, 0.5) is 11.4 Å². The van der Waals surface area contributed by atoms with Crippen LogP contribution in [0.15, 0.2) is 42.5 Å². The van der Waals surface area contributed by atoms with Crippen molar-refractivity contribution in [2.75, 3.05) is 5.32 Å². The van der Waals surface area contributed by atoms with Crippen LogP contribution in [0.1, 0.15) is 5.56 Å². The van der Waals surface area contributed by atoms with Crippen LogP contribution in [0.2, 0.25) is 10.0 Å². The number of carboxylic acids is 1. The fourth-order valence-electron chi connectivity index (χ4n) is 1.71. The van der Waals surface area contributed by atoms with Crippen LogP contribution in [0.25, 0.3) is 0 Å². The number of para-hydroxylation sites is 2. The minimum absolute atomic E-state index is 0. The number of hydrogen-bond acceptors (Lipinski definition) is 2. The zero-order valence-electron chi connectivity index (χ0n) is 9.86. The second-order valence-electron chi connectivity index (χ2n) is 3.95. The van der Waals surface area contributed by atoms with Gasteiger partial charge in [0.2, 0.25) is 0 Å². The van der Waals surface area contributed by atoms with Crippen molar-refractivity contribution in [2.45, 2.75) is 6.42 Å². The standard InChI is InChI=1S/C14H11Cl2NO2.Ca.2H/c15-10-5-3-6-11(16)14(10)17-12-7-2-1-4-9(12)8-13(18)19;;;/h1-7,17H,8H2,(H,18,19);;;. The quantitative estimate of drug-likeness (QED) is 0.840. The van der Waals surface area contributed by atoms with Gasteiger partial charge < -0.3 is 10.4 Å². The second kappa shape index (κ2) is 8.11. The Morgan fingerprint density at radius 1 is 1.05 bits per heavy atom. The molecule has 102 valence electrons. The molecule has 3 nitrogen and oxygen atoms in total. The summed E-state index contributed by atoms with van der Waals surface area (Å²) >= 11 is 12.1. The van der Waals surface area contributed by atoms with Crippen LogP contribution in [0.5, 0.6) is 0 Å². The Morgan fingerprint density at radius 3 is 2.25 bits per heavy atom. The van der Waals surface area contributed by atoms with Crippen molar-refractivity contribution in [3.05, 3.63) is 58.1 Å². The molecule has 0 aliphatic carbocycles. The van der Waals surface area contributed by atoms with E-state index in [0.29, 0.717) is 27.0 Å². The van der Waals surface area contributed by atoms with E-state index in [-0.39, 0.29) is 44.2 Å². The molecule has 0 amide bonds. The Morgan fingerprint density at radius 2 is 1.65 bits per heavy atom. The fourth-order valence-corrected chi connectivity index (χ4v) is 2.20. The zero-order chi connectivity index (χ0) is 13.8. The Bertz CT molecular complexity index is 600. The number of halogens is 2. The van der Waals surface area contributed by atoms with E-state index in [4.69, 9.17) is 28.3 Å². The van der Waals surface area contributed by atoms with Gasteiger partial charge in [0.1, 0.15) is 0 Å². The van der Waals surface area contributed by atoms with Gasteiger partial charge in [-0.05, 0) is 23.8 Å². The maximum absolute atomic E-state index is 10.8. The molecule has 0 bridgehead atoms. The average molecular weight is 338 g/mol. The van der Waals surface area contributed by atoms with Gasteiger partial charge in [-0.15, -0.1) is 0 Å². The molecule has 2 N–H and O–H groups in total. The molecule has 0 unspecified atom stereocenters. The normalized spacial score (nSPS) is 9.70. The topological polar surface area (TPSA) is 49.3 Å².